The van der Waals surface area contributed by atoms with Gasteiger partial charge < -0.3 is 5.32 Å². The maximum atomic E-state index is 13.3. The van der Waals surface area contributed by atoms with Crippen molar-refractivity contribution in [2.24, 2.45) is 7.05 Å². The number of benzene rings is 1. The first kappa shape index (κ1) is 14.3. The lowest BCUT2D eigenvalue weighted by molar-refractivity contribution is -0.384. The van der Waals surface area contributed by atoms with Crippen molar-refractivity contribution >= 4 is 23.0 Å². The maximum Gasteiger partial charge on any atom is 0.295 e. The van der Waals surface area contributed by atoms with Crippen LogP contribution in [0.2, 0.25) is 5.02 Å². The van der Waals surface area contributed by atoms with E-state index in [0.29, 0.717) is 6.54 Å². The number of aromatic nitrogens is 2. The summed E-state index contributed by atoms with van der Waals surface area (Å²) in [5.74, 6) is -0.818. The van der Waals surface area contributed by atoms with E-state index in [0.717, 1.165) is 17.3 Å². The third-order valence-electron chi connectivity index (χ3n) is 3.04. The molecule has 1 heterocycles. The predicted molar refractivity (Wildman–Crippen MR) is 73.3 cm³/mol. The second-order valence-corrected chi connectivity index (χ2v) is 4.68. The fraction of sp³-hybridized carbons (Fsp3) is 0.250. The van der Waals surface area contributed by atoms with Crippen LogP contribution in [0.25, 0.3) is 0 Å². The van der Waals surface area contributed by atoms with Crippen LogP contribution in [-0.4, -0.2) is 14.7 Å². The normalized spacial score (nSPS) is 10.6. The fourth-order valence-corrected chi connectivity index (χ4v) is 1.90. The van der Waals surface area contributed by atoms with E-state index in [1.807, 2.05) is 6.92 Å². The summed E-state index contributed by atoms with van der Waals surface area (Å²) in [4.78, 5) is 10.3. The van der Waals surface area contributed by atoms with Crippen LogP contribution in [0.4, 0.5) is 15.8 Å². The highest BCUT2D eigenvalue weighted by atomic mass is 35.5. The Labute approximate surface area is 119 Å². The topological polar surface area (TPSA) is 73.0 Å². The highest BCUT2D eigenvalue weighted by molar-refractivity contribution is 6.31. The molecule has 2 aromatic rings. The fourth-order valence-electron chi connectivity index (χ4n) is 1.74. The Hall–Kier alpha value is -2.15. The van der Waals surface area contributed by atoms with Crippen LogP contribution in [0.1, 0.15) is 11.3 Å². The molecule has 1 aromatic heterocycles. The first-order chi connectivity index (χ1) is 9.40. The highest BCUT2D eigenvalue weighted by Crippen LogP contribution is 2.30. The second-order valence-electron chi connectivity index (χ2n) is 4.27. The SMILES string of the molecule is Cc1c(CNc2cc(Cl)c(F)cc2[N+](=O)[O-])cnn1C. The van der Waals surface area contributed by atoms with E-state index in [4.69, 9.17) is 11.6 Å². The van der Waals surface area contributed by atoms with Gasteiger partial charge in [0, 0.05) is 24.8 Å². The van der Waals surface area contributed by atoms with Gasteiger partial charge in [-0.25, -0.2) is 4.39 Å². The zero-order chi connectivity index (χ0) is 14.9. The van der Waals surface area contributed by atoms with Gasteiger partial charge in [0.25, 0.3) is 5.69 Å². The summed E-state index contributed by atoms with van der Waals surface area (Å²) >= 11 is 5.65. The van der Waals surface area contributed by atoms with E-state index in [2.05, 4.69) is 10.4 Å². The Morgan fingerprint density at radius 1 is 1.55 bits per heavy atom. The summed E-state index contributed by atoms with van der Waals surface area (Å²) < 4.78 is 15.0. The molecule has 0 aliphatic rings. The van der Waals surface area contributed by atoms with Crippen molar-refractivity contribution in [2.45, 2.75) is 13.5 Å². The Kier molecular flexibility index (Phi) is 3.89. The third-order valence-corrected chi connectivity index (χ3v) is 3.33. The predicted octanol–water partition coefficient (Wildman–Crippen LogP) is 3.04. The molecule has 2 rings (SSSR count). The largest absolute Gasteiger partial charge is 0.375 e. The van der Waals surface area contributed by atoms with Crippen LogP contribution in [-0.2, 0) is 13.6 Å². The minimum Gasteiger partial charge on any atom is -0.375 e. The van der Waals surface area contributed by atoms with Gasteiger partial charge in [-0.05, 0) is 13.0 Å². The van der Waals surface area contributed by atoms with Crippen LogP contribution in [0, 0.1) is 22.9 Å². The Balaban J connectivity index is 2.27. The third kappa shape index (κ3) is 2.72. The van der Waals surface area contributed by atoms with E-state index >= 15 is 0 Å². The van der Waals surface area contributed by atoms with E-state index in [1.165, 1.54) is 6.07 Å². The van der Waals surface area contributed by atoms with E-state index < -0.39 is 10.7 Å². The monoisotopic (exact) mass is 298 g/mol. The molecule has 0 radical (unpaired) electrons. The van der Waals surface area contributed by atoms with Gasteiger partial charge in [0.15, 0.2) is 0 Å². The molecular weight excluding hydrogens is 287 g/mol. The van der Waals surface area contributed by atoms with Gasteiger partial charge >= 0.3 is 0 Å². The highest BCUT2D eigenvalue weighted by Gasteiger charge is 2.18. The van der Waals surface area contributed by atoms with E-state index in [9.17, 15) is 14.5 Å². The number of nitrogens with one attached hydrogen (secondary N) is 1. The molecule has 0 saturated heterocycles. The molecule has 1 N–H and O–H groups in total. The van der Waals surface area contributed by atoms with Crippen LogP contribution < -0.4 is 5.32 Å². The van der Waals surface area contributed by atoms with E-state index in [1.54, 1.807) is 17.9 Å². The summed E-state index contributed by atoms with van der Waals surface area (Å²) in [6.45, 7) is 2.22. The maximum absolute atomic E-state index is 13.3. The van der Waals surface area contributed by atoms with Crippen LogP contribution in [0.5, 0.6) is 0 Å². The average Bonchev–Trinajstić information content (AvgIpc) is 2.71. The van der Waals surface area contributed by atoms with Gasteiger partial charge in [-0.1, -0.05) is 11.6 Å². The lowest BCUT2D eigenvalue weighted by Crippen LogP contribution is -2.04. The Bertz CT molecular complexity index is 672. The molecule has 0 fully saturated rings. The van der Waals surface area contributed by atoms with Gasteiger partial charge in [-0.2, -0.15) is 5.10 Å². The summed E-state index contributed by atoms with van der Waals surface area (Å²) in [5.41, 5.74) is 1.65. The van der Waals surface area contributed by atoms with Crippen LogP contribution in [0.15, 0.2) is 18.3 Å². The number of anilines is 1. The van der Waals surface area contributed by atoms with Crippen molar-refractivity contribution in [3.05, 3.63) is 50.5 Å². The van der Waals surface area contributed by atoms with Gasteiger partial charge in [0.2, 0.25) is 0 Å². The van der Waals surface area contributed by atoms with Crippen molar-refractivity contribution in [2.75, 3.05) is 5.32 Å². The van der Waals surface area contributed by atoms with Crippen molar-refractivity contribution in [3.63, 3.8) is 0 Å². The average molecular weight is 299 g/mol. The number of hydrogen-bond donors (Lipinski definition) is 1. The molecule has 106 valence electrons. The Morgan fingerprint density at radius 2 is 2.25 bits per heavy atom. The number of hydrogen-bond acceptors (Lipinski definition) is 4. The molecule has 20 heavy (non-hydrogen) atoms. The summed E-state index contributed by atoms with van der Waals surface area (Å²) in [7, 11) is 1.80. The zero-order valence-electron chi connectivity index (χ0n) is 10.9. The molecule has 6 nitrogen and oxygen atoms in total. The standard InChI is InChI=1S/C12H12ClFN4O2/c1-7-8(6-16-17(7)2)5-15-11-3-9(13)10(14)4-12(11)18(19)20/h3-4,6,15H,5H2,1-2H3. The van der Waals surface area contributed by atoms with Crippen LogP contribution in [0.3, 0.4) is 0 Å². The van der Waals surface area contributed by atoms with Crippen molar-refractivity contribution in [1.29, 1.82) is 0 Å². The molecule has 0 saturated carbocycles. The van der Waals surface area contributed by atoms with Crippen molar-refractivity contribution in [1.82, 2.24) is 9.78 Å². The first-order valence-corrected chi connectivity index (χ1v) is 6.12. The van der Waals surface area contributed by atoms with Crippen molar-refractivity contribution in [3.8, 4) is 0 Å². The minimum absolute atomic E-state index is 0.166. The summed E-state index contributed by atoms with van der Waals surface area (Å²) in [6.07, 6.45) is 1.67. The van der Waals surface area contributed by atoms with Gasteiger partial charge in [-0.15, -0.1) is 0 Å². The smallest absolute Gasteiger partial charge is 0.295 e. The molecule has 0 atom stereocenters. The van der Waals surface area contributed by atoms with Gasteiger partial charge in [-0.3, -0.25) is 14.8 Å². The number of halogens is 2. The number of rotatable bonds is 4. The lowest BCUT2D eigenvalue weighted by atomic mass is 10.2. The van der Waals surface area contributed by atoms with Gasteiger partial charge in [0.05, 0.1) is 22.2 Å². The number of nitro groups is 1. The van der Waals surface area contributed by atoms with Gasteiger partial charge in [0.1, 0.15) is 11.5 Å². The summed E-state index contributed by atoms with van der Waals surface area (Å²) in [5, 5.41) is 17.7. The quantitative estimate of drug-likeness (QED) is 0.695. The molecule has 0 bridgehead atoms. The molecule has 0 unspecified atom stereocenters. The van der Waals surface area contributed by atoms with E-state index in [-0.39, 0.29) is 16.4 Å². The molecular formula is C12H12ClFN4O2. The molecule has 1 aromatic carbocycles. The number of nitrogens with zero attached hydrogens (tertiary/aromatic N) is 3. The molecule has 0 aliphatic carbocycles. The molecule has 8 heteroatoms. The molecule has 0 amide bonds. The molecule has 0 spiro atoms. The number of aryl methyl sites for hydroxylation is 1. The molecule has 0 aliphatic heterocycles. The lowest BCUT2D eigenvalue weighted by Gasteiger charge is -2.08. The zero-order valence-corrected chi connectivity index (χ0v) is 11.6. The Morgan fingerprint density at radius 3 is 2.80 bits per heavy atom. The summed E-state index contributed by atoms with van der Waals surface area (Å²) in [6, 6.07) is 2.02. The number of nitro benzene ring substituents is 1. The minimum atomic E-state index is -0.818. The second kappa shape index (κ2) is 5.46. The van der Waals surface area contributed by atoms with Crippen LogP contribution >= 0.6 is 11.6 Å². The van der Waals surface area contributed by atoms with Crippen molar-refractivity contribution < 1.29 is 9.31 Å². The first-order valence-electron chi connectivity index (χ1n) is 5.75.